The Labute approximate surface area is 127 Å². The predicted octanol–water partition coefficient (Wildman–Crippen LogP) is 3.19. The number of nitrogens with one attached hydrogen (secondary N) is 1. The van der Waals surface area contributed by atoms with Crippen LogP contribution in [0.5, 0.6) is 0 Å². The van der Waals surface area contributed by atoms with Gasteiger partial charge < -0.3 is 15.0 Å². The van der Waals surface area contributed by atoms with Crippen LogP contribution in [0.15, 0.2) is 18.2 Å². The van der Waals surface area contributed by atoms with E-state index < -0.39 is 0 Å². The highest BCUT2D eigenvalue weighted by atomic mass is 19.1. The third kappa shape index (κ3) is 4.68. The van der Waals surface area contributed by atoms with E-state index in [0.717, 1.165) is 49.6 Å². The lowest BCUT2D eigenvalue weighted by Gasteiger charge is -2.26. The van der Waals surface area contributed by atoms with Crippen molar-refractivity contribution in [3.8, 4) is 0 Å². The molecule has 3 nitrogen and oxygen atoms in total. The molecule has 0 amide bonds. The first-order valence-electron chi connectivity index (χ1n) is 7.94. The predicted molar refractivity (Wildman–Crippen MR) is 85.2 cm³/mol. The summed E-state index contributed by atoms with van der Waals surface area (Å²) >= 11 is 0. The van der Waals surface area contributed by atoms with Gasteiger partial charge >= 0.3 is 0 Å². The van der Waals surface area contributed by atoms with Crippen molar-refractivity contribution >= 4 is 5.69 Å². The van der Waals surface area contributed by atoms with Gasteiger partial charge in [0.15, 0.2) is 0 Å². The molecule has 0 aromatic heterocycles. The van der Waals surface area contributed by atoms with Crippen LogP contribution in [-0.4, -0.2) is 33.4 Å². The maximum absolute atomic E-state index is 14.3. The molecule has 1 aliphatic rings. The van der Waals surface area contributed by atoms with E-state index in [9.17, 15) is 4.39 Å². The van der Waals surface area contributed by atoms with Crippen molar-refractivity contribution in [2.24, 2.45) is 5.92 Å². The van der Waals surface area contributed by atoms with Crippen molar-refractivity contribution < 1.29 is 9.13 Å². The van der Waals surface area contributed by atoms with Gasteiger partial charge in [-0.2, -0.15) is 0 Å². The molecule has 1 aromatic rings. The second-order valence-corrected chi connectivity index (χ2v) is 5.94. The van der Waals surface area contributed by atoms with Gasteiger partial charge in [0.05, 0.1) is 12.3 Å². The standard InChI is InChI=1S/C17H27FN2O/c1-14-5-4-10-20(11-8-14)17-15(6-3-7-16(17)18)13-19-9-12-21-2/h3,6-7,14,19H,4-5,8-13H2,1-2H3. The molecule has 1 fully saturated rings. The summed E-state index contributed by atoms with van der Waals surface area (Å²) in [5.74, 6) is 0.639. The molecule has 1 heterocycles. The lowest BCUT2D eigenvalue weighted by molar-refractivity contribution is 0.199. The highest BCUT2D eigenvalue weighted by Crippen LogP contribution is 2.28. The topological polar surface area (TPSA) is 24.5 Å². The zero-order chi connectivity index (χ0) is 15.1. The molecule has 2 rings (SSSR count). The number of methoxy groups -OCH3 is 1. The molecule has 1 N–H and O–H groups in total. The van der Waals surface area contributed by atoms with Crippen LogP contribution in [0, 0.1) is 11.7 Å². The Bertz CT molecular complexity index is 439. The molecule has 1 aliphatic heterocycles. The van der Waals surface area contributed by atoms with Crippen molar-refractivity contribution in [3.63, 3.8) is 0 Å². The number of anilines is 1. The van der Waals surface area contributed by atoms with Crippen molar-refractivity contribution in [2.45, 2.75) is 32.7 Å². The van der Waals surface area contributed by atoms with Gasteiger partial charge in [-0.1, -0.05) is 19.1 Å². The summed E-state index contributed by atoms with van der Waals surface area (Å²) in [4.78, 5) is 2.23. The number of rotatable bonds is 6. The monoisotopic (exact) mass is 294 g/mol. The van der Waals surface area contributed by atoms with Crippen LogP contribution >= 0.6 is 0 Å². The summed E-state index contributed by atoms with van der Waals surface area (Å²) in [6, 6.07) is 5.39. The minimum atomic E-state index is -0.101. The molecule has 0 spiro atoms. The molecule has 1 aromatic carbocycles. The average molecular weight is 294 g/mol. The zero-order valence-corrected chi connectivity index (χ0v) is 13.2. The van der Waals surface area contributed by atoms with Gasteiger partial charge in [0.2, 0.25) is 0 Å². The third-order valence-corrected chi connectivity index (χ3v) is 4.20. The first-order chi connectivity index (χ1) is 10.2. The van der Waals surface area contributed by atoms with Crippen molar-refractivity contribution in [3.05, 3.63) is 29.6 Å². The summed E-state index contributed by atoms with van der Waals surface area (Å²) in [6.45, 7) is 6.33. The number of benzene rings is 1. The summed E-state index contributed by atoms with van der Waals surface area (Å²) in [6.07, 6.45) is 3.53. The fourth-order valence-corrected chi connectivity index (χ4v) is 2.94. The van der Waals surface area contributed by atoms with Crippen molar-refractivity contribution in [1.82, 2.24) is 5.32 Å². The lowest BCUT2D eigenvalue weighted by atomic mass is 10.0. The Morgan fingerprint density at radius 1 is 1.33 bits per heavy atom. The third-order valence-electron chi connectivity index (χ3n) is 4.20. The van der Waals surface area contributed by atoms with E-state index >= 15 is 0 Å². The maximum atomic E-state index is 14.3. The molecule has 21 heavy (non-hydrogen) atoms. The normalized spacial score (nSPS) is 19.6. The lowest BCUT2D eigenvalue weighted by Crippen LogP contribution is -2.28. The summed E-state index contributed by atoms with van der Waals surface area (Å²) in [7, 11) is 1.69. The molecule has 1 atom stereocenters. The molecule has 118 valence electrons. The largest absolute Gasteiger partial charge is 0.383 e. The van der Waals surface area contributed by atoms with E-state index in [1.165, 1.54) is 6.42 Å². The Morgan fingerprint density at radius 3 is 3.00 bits per heavy atom. The van der Waals surface area contributed by atoms with Crippen LogP contribution in [0.25, 0.3) is 0 Å². The molecule has 0 radical (unpaired) electrons. The molecule has 1 unspecified atom stereocenters. The van der Waals surface area contributed by atoms with E-state index in [1.54, 1.807) is 19.2 Å². The Kier molecular flexibility index (Phi) is 6.46. The van der Waals surface area contributed by atoms with E-state index in [4.69, 9.17) is 4.74 Å². The number of hydrogen-bond acceptors (Lipinski definition) is 3. The molecule has 1 saturated heterocycles. The second kappa shape index (κ2) is 8.35. The summed E-state index contributed by atoms with van der Waals surface area (Å²) < 4.78 is 19.4. The highest BCUT2D eigenvalue weighted by Gasteiger charge is 2.19. The van der Waals surface area contributed by atoms with Crippen LogP contribution < -0.4 is 10.2 Å². The van der Waals surface area contributed by atoms with Crippen LogP contribution in [0.2, 0.25) is 0 Å². The van der Waals surface area contributed by atoms with Gasteiger partial charge in [0.25, 0.3) is 0 Å². The highest BCUT2D eigenvalue weighted by molar-refractivity contribution is 5.55. The minimum absolute atomic E-state index is 0.101. The Balaban J connectivity index is 2.09. The molecule has 0 aliphatic carbocycles. The summed E-state index contributed by atoms with van der Waals surface area (Å²) in [5.41, 5.74) is 1.83. The molecule has 0 bridgehead atoms. The van der Waals surface area contributed by atoms with Crippen molar-refractivity contribution in [1.29, 1.82) is 0 Å². The van der Waals surface area contributed by atoms with E-state index in [1.807, 2.05) is 6.07 Å². The second-order valence-electron chi connectivity index (χ2n) is 5.94. The molecule has 4 heteroatoms. The Hall–Kier alpha value is -1.13. The molecular weight excluding hydrogens is 267 g/mol. The minimum Gasteiger partial charge on any atom is -0.383 e. The SMILES string of the molecule is COCCNCc1cccc(F)c1N1CCCC(C)CC1. The Morgan fingerprint density at radius 2 is 2.19 bits per heavy atom. The fraction of sp³-hybridized carbons (Fsp3) is 0.647. The van der Waals surface area contributed by atoms with Gasteiger partial charge in [-0.3, -0.25) is 0 Å². The number of para-hydroxylation sites is 1. The van der Waals surface area contributed by atoms with Gasteiger partial charge in [-0.25, -0.2) is 4.39 Å². The quantitative estimate of drug-likeness (QED) is 0.816. The number of halogens is 1. The van der Waals surface area contributed by atoms with Gasteiger partial charge in [0.1, 0.15) is 5.82 Å². The zero-order valence-electron chi connectivity index (χ0n) is 13.2. The average Bonchev–Trinajstić information content (AvgIpc) is 2.68. The van der Waals surface area contributed by atoms with Crippen LogP contribution in [-0.2, 0) is 11.3 Å². The van der Waals surface area contributed by atoms with E-state index in [0.29, 0.717) is 13.2 Å². The van der Waals surface area contributed by atoms with Crippen molar-refractivity contribution in [2.75, 3.05) is 38.3 Å². The number of nitrogens with zero attached hydrogens (tertiary/aromatic N) is 1. The van der Waals surface area contributed by atoms with Gasteiger partial charge in [-0.15, -0.1) is 0 Å². The fourth-order valence-electron chi connectivity index (χ4n) is 2.94. The van der Waals surface area contributed by atoms with Gasteiger partial charge in [-0.05, 0) is 36.8 Å². The summed E-state index contributed by atoms with van der Waals surface area (Å²) in [5, 5.41) is 3.32. The molecular formula is C17H27FN2O. The van der Waals surface area contributed by atoms with Crippen LogP contribution in [0.4, 0.5) is 10.1 Å². The van der Waals surface area contributed by atoms with Crippen LogP contribution in [0.1, 0.15) is 31.7 Å². The van der Waals surface area contributed by atoms with Crippen LogP contribution in [0.3, 0.4) is 0 Å². The first kappa shape index (κ1) is 16.2. The van der Waals surface area contributed by atoms with Gasteiger partial charge in [0, 0.05) is 33.3 Å². The van der Waals surface area contributed by atoms with E-state index in [-0.39, 0.29) is 5.82 Å². The number of hydrogen-bond donors (Lipinski definition) is 1. The van der Waals surface area contributed by atoms with E-state index in [2.05, 4.69) is 17.1 Å². The molecule has 0 saturated carbocycles. The maximum Gasteiger partial charge on any atom is 0.146 e. The number of ether oxygens (including phenoxy) is 1. The smallest absolute Gasteiger partial charge is 0.146 e. The first-order valence-corrected chi connectivity index (χ1v) is 7.94.